The Morgan fingerprint density at radius 3 is 3.12 bits per heavy atom. The Morgan fingerprint density at radius 1 is 1.56 bits per heavy atom. The molecule has 0 bridgehead atoms. The van der Waals surface area contributed by atoms with Crippen LogP contribution in [0.4, 0.5) is 5.82 Å². The molecule has 3 N–H and O–H groups in total. The maximum Gasteiger partial charge on any atom is 0.139 e. The fraction of sp³-hybridized carbons (Fsp3) is 0.545. The van der Waals surface area contributed by atoms with Crippen LogP contribution in [0.25, 0.3) is 0 Å². The summed E-state index contributed by atoms with van der Waals surface area (Å²) in [6, 6.07) is 3.78. The van der Waals surface area contributed by atoms with Crippen molar-refractivity contribution in [2.45, 2.75) is 13.0 Å². The summed E-state index contributed by atoms with van der Waals surface area (Å²) in [7, 11) is 0. The van der Waals surface area contributed by atoms with Gasteiger partial charge in [0, 0.05) is 18.7 Å². The molecule has 5 nitrogen and oxygen atoms in total. The van der Waals surface area contributed by atoms with Crippen molar-refractivity contribution in [2.75, 3.05) is 25.2 Å². The molecule has 1 saturated heterocycles. The van der Waals surface area contributed by atoms with Crippen molar-refractivity contribution < 1.29 is 9.47 Å². The highest BCUT2D eigenvalue weighted by molar-refractivity contribution is 5.33. The number of nitrogen functional groups attached to an aromatic ring is 1. The van der Waals surface area contributed by atoms with Crippen molar-refractivity contribution in [2.24, 2.45) is 11.8 Å². The third-order valence-electron chi connectivity index (χ3n) is 2.62. The Balaban J connectivity index is 1.71. The van der Waals surface area contributed by atoms with E-state index in [1.165, 1.54) is 0 Å². The Hall–Kier alpha value is -1.17. The first kappa shape index (κ1) is 11.3. The van der Waals surface area contributed by atoms with E-state index in [1.807, 2.05) is 12.1 Å². The van der Waals surface area contributed by atoms with Gasteiger partial charge in [0.15, 0.2) is 0 Å². The maximum absolute atomic E-state index is 5.61. The van der Waals surface area contributed by atoms with Crippen LogP contribution in [-0.4, -0.2) is 24.8 Å². The Morgan fingerprint density at radius 2 is 2.50 bits per heavy atom. The quantitative estimate of drug-likeness (QED) is 0.574. The molecule has 0 aliphatic carbocycles. The molecule has 2 rings (SSSR count). The van der Waals surface area contributed by atoms with Crippen LogP contribution in [0.5, 0.6) is 0 Å². The number of ether oxygens (including phenoxy) is 2. The van der Waals surface area contributed by atoms with Crippen LogP contribution in [0.3, 0.4) is 0 Å². The minimum absolute atomic E-state index is 0.554. The highest BCUT2D eigenvalue weighted by Gasteiger charge is 2.15. The number of hydrogen-bond donors (Lipinski definition) is 2. The first-order chi connectivity index (χ1) is 7.88. The number of anilines is 1. The van der Waals surface area contributed by atoms with Gasteiger partial charge in [0.05, 0.1) is 19.8 Å². The molecule has 1 aliphatic heterocycles. The van der Waals surface area contributed by atoms with Gasteiger partial charge in [-0.05, 0) is 18.1 Å². The van der Waals surface area contributed by atoms with E-state index in [2.05, 4.69) is 10.4 Å². The molecular formula is C11H17N3O2. The van der Waals surface area contributed by atoms with Gasteiger partial charge in [-0.15, -0.1) is 0 Å². The predicted octanol–water partition coefficient (Wildman–Crippen LogP) is 0.920. The summed E-state index contributed by atoms with van der Waals surface area (Å²) in [5, 5.41) is 0. The van der Waals surface area contributed by atoms with Crippen LogP contribution in [0.1, 0.15) is 12.0 Å². The molecule has 1 aromatic rings. The minimum Gasteiger partial charge on any atom is -0.381 e. The molecule has 0 spiro atoms. The van der Waals surface area contributed by atoms with Crippen LogP contribution >= 0.6 is 0 Å². The van der Waals surface area contributed by atoms with Gasteiger partial charge in [-0.25, -0.2) is 10.8 Å². The second-order valence-corrected chi connectivity index (χ2v) is 3.94. The van der Waals surface area contributed by atoms with Crippen molar-refractivity contribution >= 4 is 5.82 Å². The molecule has 2 heterocycles. The molecule has 1 aromatic heterocycles. The second-order valence-electron chi connectivity index (χ2n) is 3.94. The standard InChI is InChI=1S/C11H17N3O2/c12-14-11-2-1-9(5-13-11)6-16-8-10-3-4-15-7-10/h1-2,5,10H,3-4,6-8,12H2,(H,13,14). The zero-order valence-electron chi connectivity index (χ0n) is 9.19. The monoisotopic (exact) mass is 223 g/mol. The Labute approximate surface area is 94.9 Å². The van der Waals surface area contributed by atoms with Crippen LogP contribution in [0.15, 0.2) is 18.3 Å². The second kappa shape index (κ2) is 5.79. The Bertz CT molecular complexity index is 310. The molecule has 0 radical (unpaired) electrons. The molecule has 1 atom stereocenters. The summed E-state index contributed by atoms with van der Waals surface area (Å²) >= 11 is 0. The number of aromatic nitrogens is 1. The normalized spacial score (nSPS) is 19.9. The zero-order chi connectivity index (χ0) is 11.2. The van der Waals surface area contributed by atoms with E-state index in [0.717, 1.165) is 31.8 Å². The summed E-state index contributed by atoms with van der Waals surface area (Å²) in [5.74, 6) is 6.44. The van der Waals surface area contributed by atoms with Crippen molar-refractivity contribution in [1.29, 1.82) is 0 Å². The van der Waals surface area contributed by atoms with Gasteiger partial charge in [-0.2, -0.15) is 0 Å². The SMILES string of the molecule is NNc1ccc(COCC2CCOC2)cn1. The van der Waals surface area contributed by atoms with E-state index >= 15 is 0 Å². The third-order valence-corrected chi connectivity index (χ3v) is 2.62. The average molecular weight is 223 g/mol. The van der Waals surface area contributed by atoms with E-state index in [4.69, 9.17) is 15.3 Å². The lowest BCUT2D eigenvalue weighted by molar-refractivity contribution is 0.0790. The van der Waals surface area contributed by atoms with Crippen LogP contribution in [0.2, 0.25) is 0 Å². The Kier molecular flexibility index (Phi) is 4.10. The molecule has 16 heavy (non-hydrogen) atoms. The van der Waals surface area contributed by atoms with E-state index < -0.39 is 0 Å². The predicted molar refractivity (Wildman–Crippen MR) is 60.6 cm³/mol. The number of rotatable bonds is 5. The van der Waals surface area contributed by atoms with E-state index in [0.29, 0.717) is 18.3 Å². The molecule has 1 aliphatic rings. The fourth-order valence-electron chi connectivity index (χ4n) is 1.65. The smallest absolute Gasteiger partial charge is 0.139 e. The van der Waals surface area contributed by atoms with E-state index in [-0.39, 0.29) is 0 Å². The first-order valence-corrected chi connectivity index (χ1v) is 5.45. The summed E-state index contributed by atoms with van der Waals surface area (Å²) in [5.41, 5.74) is 3.54. The van der Waals surface area contributed by atoms with Gasteiger partial charge in [0.25, 0.3) is 0 Å². The van der Waals surface area contributed by atoms with Crippen molar-refractivity contribution in [3.63, 3.8) is 0 Å². The number of nitrogens with one attached hydrogen (secondary N) is 1. The molecule has 1 unspecified atom stereocenters. The van der Waals surface area contributed by atoms with Crippen molar-refractivity contribution in [3.05, 3.63) is 23.9 Å². The number of nitrogens with zero attached hydrogens (tertiary/aromatic N) is 1. The lowest BCUT2D eigenvalue weighted by atomic mass is 10.1. The summed E-state index contributed by atoms with van der Waals surface area (Å²) in [6.07, 6.45) is 2.87. The summed E-state index contributed by atoms with van der Waals surface area (Å²) in [6.45, 7) is 3.05. The van der Waals surface area contributed by atoms with E-state index in [1.54, 1.807) is 6.20 Å². The lowest BCUT2D eigenvalue weighted by Gasteiger charge is -2.08. The molecule has 0 amide bonds. The molecule has 0 aromatic carbocycles. The van der Waals surface area contributed by atoms with E-state index in [9.17, 15) is 0 Å². The van der Waals surface area contributed by atoms with Gasteiger partial charge in [0.2, 0.25) is 0 Å². The van der Waals surface area contributed by atoms with Gasteiger partial charge < -0.3 is 14.9 Å². The van der Waals surface area contributed by atoms with Gasteiger partial charge >= 0.3 is 0 Å². The van der Waals surface area contributed by atoms with Crippen molar-refractivity contribution in [3.8, 4) is 0 Å². The zero-order valence-corrected chi connectivity index (χ0v) is 9.19. The maximum atomic E-state index is 5.61. The summed E-state index contributed by atoms with van der Waals surface area (Å²) in [4.78, 5) is 4.11. The number of nitrogens with two attached hydrogens (primary N) is 1. The van der Waals surface area contributed by atoms with Gasteiger partial charge in [0.1, 0.15) is 5.82 Å². The lowest BCUT2D eigenvalue weighted by Crippen LogP contribution is -2.10. The molecule has 0 saturated carbocycles. The van der Waals surface area contributed by atoms with Crippen molar-refractivity contribution in [1.82, 2.24) is 4.98 Å². The largest absolute Gasteiger partial charge is 0.381 e. The van der Waals surface area contributed by atoms with Gasteiger partial charge in [-0.1, -0.05) is 6.07 Å². The number of hydrazine groups is 1. The topological polar surface area (TPSA) is 69.4 Å². The van der Waals surface area contributed by atoms with Crippen LogP contribution in [-0.2, 0) is 16.1 Å². The minimum atomic E-state index is 0.554. The average Bonchev–Trinajstić information content (AvgIpc) is 2.83. The number of hydrogen-bond acceptors (Lipinski definition) is 5. The molecule has 1 fully saturated rings. The number of pyridine rings is 1. The van der Waals surface area contributed by atoms with Crippen LogP contribution < -0.4 is 11.3 Å². The highest BCUT2D eigenvalue weighted by Crippen LogP contribution is 2.13. The highest BCUT2D eigenvalue weighted by atomic mass is 16.5. The third kappa shape index (κ3) is 3.16. The van der Waals surface area contributed by atoms with Crippen LogP contribution in [0, 0.1) is 5.92 Å². The van der Waals surface area contributed by atoms with Gasteiger partial charge in [-0.3, -0.25) is 0 Å². The molecular weight excluding hydrogens is 206 g/mol. The summed E-state index contributed by atoms with van der Waals surface area (Å²) < 4.78 is 10.9. The first-order valence-electron chi connectivity index (χ1n) is 5.45. The molecule has 5 heteroatoms. The molecule has 88 valence electrons. The fourth-order valence-corrected chi connectivity index (χ4v) is 1.65.